The Morgan fingerprint density at radius 3 is 2.67 bits per heavy atom. The van der Waals surface area contributed by atoms with Crippen LogP contribution in [0.25, 0.3) is 0 Å². The van der Waals surface area contributed by atoms with Crippen molar-refractivity contribution in [3.05, 3.63) is 18.5 Å². The van der Waals surface area contributed by atoms with E-state index in [2.05, 4.69) is 22.5 Å². The Kier molecular flexibility index (Phi) is 4.40. The molecule has 15 heavy (non-hydrogen) atoms. The lowest BCUT2D eigenvalue weighted by Gasteiger charge is -2.07. The lowest BCUT2D eigenvalue weighted by atomic mass is 10.3. The second kappa shape index (κ2) is 5.85. The Bertz CT molecular complexity index is 327. The van der Waals surface area contributed by atoms with Gasteiger partial charge in [0.1, 0.15) is 0 Å². The summed E-state index contributed by atoms with van der Waals surface area (Å²) in [5.41, 5.74) is 6.74. The minimum atomic E-state index is -0.387. The molecule has 1 aromatic heterocycles. The molecule has 1 heterocycles. The van der Waals surface area contributed by atoms with Crippen molar-refractivity contribution in [3.8, 4) is 0 Å². The Labute approximate surface area is 89.1 Å². The van der Waals surface area contributed by atoms with Crippen LogP contribution in [0.3, 0.4) is 0 Å². The SMILES string of the molecule is CCCNc1cncc(NCC(N)=O)c1. The fourth-order valence-electron chi connectivity index (χ4n) is 1.09. The van der Waals surface area contributed by atoms with Crippen LogP contribution >= 0.6 is 0 Å². The largest absolute Gasteiger partial charge is 0.384 e. The number of hydrogen-bond acceptors (Lipinski definition) is 4. The van der Waals surface area contributed by atoms with Gasteiger partial charge in [-0.1, -0.05) is 6.92 Å². The topological polar surface area (TPSA) is 80.0 Å². The van der Waals surface area contributed by atoms with Gasteiger partial charge in [-0.25, -0.2) is 0 Å². The molecule has 5 nitrogen and oxygen atoms in total. The summed E-state index contributed by atoms with van der Waals surface area (Å²) in [5, 5.41) is 6.09. The van der Waals surface area contributed by atoms with E-state index >= 15 is 0 Å². The number of pyridine rings is 1. The predicted octanol–water partition coefficient (Wildman–Crippen LogP) is 0.801. The summed E-state index contributed by atoms with van der Waals surface area (Å²) in [7, 11) is 0. The summed E-state index contributed by atoms with van der Waals surface area (Å²) in [4.78, 5) is 14.6. The van der Waals surface area contributed by atoms with Gasteiger partial charge in [0.15, 0.2) is 0 Å². The number of nitrogens with zero attached hydrogens (tertiary/aromatic N) is 1. The molecule has 0 radical (unpaired) electrons. The second-order valence-corrected chi connectivity index (χ2v) is 3.21. The zero-order chi connectivity index (χ0) is 11.1. The van der Waals surface area contributed by atoms with E-state index in [0.717, 1.165) is 24.3 Å². The highest BCUT2D eigenvalue weighted by Gasteiger charge is 1.97. The Balaban J connectivity index is 2.53. The molecular formula is C10H16N4O. The number of aromatic nitrogens is 1. The zero-order valence-electron chi connectivity index (χ0n) is 8.79. The molecule has 4 N–H and O–H groups in total. The highest BCUT2D eigenvalue weighted by atomic mass is 16.1. The minimum Gasteiger partial charge on any atom is -0.384 e. The summed E-state index contributed by atoms with van der Waals surface area (Å²) < 4.78 is 0. The molecule has 0 fully saturated rings. The molecule has 1 aromatic rings. The third kappa shape index (κ3) is 4.30. The van der Waals surface area contributed by atoms with Crippen LogP contribution in [0.5, 0.6) is 0 Å². The molecule has 0 unspecified atom stereocenters. The van der Waals surface area contributed by atoms with E-state index in [1.54, 1.807) is 12.4 Å². The van der Waals surface area contributed by atoms with E-state index in [0.29, 0.717) is 0 Å². The third-order valence-corrected chi connectivity index (χ3v) is 1.78. The third-order valence-electron chi connectivity index (χ3n) is 1.78. The van der Waals surface area contributed by atoms with E-state index in [-0.39, 0.29) is 12.5 Å². The van der Waals surface area contributed by atoms with Gasteiger partial charge in [0.25, 0.3) is 0 Å². The molecule has 1 rings (SSSR count). The number of amides is 1. The first-order chi connectivity index (χ1) is 7.22. The highest BCUT2D eigenvalue weighted by molar-refractivity contribution is 5.78. The monoisotopic (exact) mass is 208 g/mol. The first-order valence-corrected chi connectivity index (χ1v) is 4.93. The number of hydrogen-bond donors (Lipinski definition) is 3. The lowest BCUT2D eigenvalue weighted by molar-refractivity contribution is -0.116. The van der Waals surface area contributed by atoms with E-state index in [4.69, 9.17) is 5.73 Å². The van der Waals surface area contributed by atoms with Crippen molar-refractivity contribution in [2.45, 2.75) is 13.3 Å². The molecule has 82 valence electrons. The normalized spacial score (nSPS) is 9.67. The van der Waals surface area contributed by atoms with Crippen LogP contribution in [0, 0.1) is 0 Å². The molecule has 0 spiro atoms. The quantitative estimate of drug-likeness (QED) is 0.646. The molecule has 5 heteroatoms. The Morgan fingerprint density at radius 2 is 2.07 bits per heavy atom. The molecule has 0 aliphatic carbocycles. The van der Waals surface area contributed by atoms with Crippen LogP contribution in [-0.4, -0.2) is 24.0 Å². The van der Waals surface area contributed by atoms with Gasteiger partial charge in [0.05, 0.1) is 30.3 Å². The van der Waals surface area contributed by atoms with Crippen molar-refractivity contribution in [2.75, 3.05) is 23.7 Å². The smallest absolute Gasteiger partial charge is 0.236 e. The molecule has 0 aromatic carbocycles. The van der Waals surface area contributed by atoms with Gasteiger partial charge in [0, 0.05) is 6.54 Å². The number of anilines is 2. The summed E-state index contributed by atoms with van der Waals surface area (Å²) in [6.45, 7) is 3.12. The lowest BCUT2D eigenvalue weighted by Crippen LogP contribution is -2.21. The predicted molar refractivity (Wildman–Crippen MR) is 60.7 cm³/mol. The standard InChI is InChI=1S/C10H16N4O/c1-2-3-13-8-4-9(6-12-5-8)14-7-10(11)15/h4-6,13-14H,2-3,7H2,1H3,(H2,11,15). The summed E-state index contributed by atoms with van der Waals surface area (Å²) in [6.07, 6.45) is 4.45. The highest BCUT2D eigenvalue weighted by Crippen LogP contribution is 2.12. The van der Waals surface area contributed by atoms with E-state index in [1.807, 2.05) is 6.07 Å². The van der Waals surface area contributed by atoms with Gasteiger partial charge in [-0.2, -0.15) is 0 Å². The first-order valence-electron chi connectivity index (χ1n) is 4.93. The van der Waals surface area contributed by atoms with E-state index < -0.39 is 0 Å². The van der Waals surface area contributed by atoms with Crippen molar-refractivity contribution in [1.29, 1.82) is 0 Å². The van der Waals surface area contributed by atoms with Gasteiger partial charge in [-0.3, -0.25) is 9.78 Å². The number of rotatable bonds is 6. The second-order valence-electron chi connectivity index (χ2n) is 3.21. The maximum Gasteiger partial charge on any atom is 0.236 e. The first kappa shape index (κ1) is 11.3. The van der Waals surface area contributed by atoms with Crippen molar-refractivity contribution in [3.63, 3.8) is 0 Å². The summed E-state index contributed by atoms with van der Waals surface area (Å²) >= 11 is 0. The molecule has 0 bridgehead atoms. The number of primary amides is 1. The van der Waals surface area contributed by atoms with Crippen LogP contribution in [-0.2, 0) is 4.79 Å². The molecular weight excluding hydrogens is 192 g/mol. The van der Waals surface area contributed by atoms with Crippen LogP contribution in [0.1, 0.15) is 13.3 Å². The Hall–Kier alpha value is -1.78. The van der Waals surface area contributed by atoms with Gasteiger partial charge in [0.2, 0.25) is 5.91 Å². The molecule has 0 aliphatic rings. The van der Waals surface area contributed by atoms with Gasteiger partial charge in [-0.15, -0.1) is 0 Å². The summed E-state index contributed by atoms with van der Waals surface area (Å²) in [5.74, 6) is -0.387. The molecule has 0 atom stereocenters. The van der Waals surface area contributed by atoms with Crippen molar-refractivity contribution >= 4 is 17.3 Å². The molecule has 0 saturated heterocycles. The van der Waals surface area contributed by atoms with Crippen LogP contribution in [0.2, 0.25) is 0 Å². The molecule has 0 aliphatic heterocycles. The van der Waals surface area contributed by atoms with Crippen molar-refractivity contribution < 1.29 is 4.79 Å². The average Bonchev–Trinajstić information content (AvgIpc) is 2.24. The number of carbonyl (C=O) groups is 1. The van der Waals surface area contributed by atoms with Gasteiger partial charge >= 0.3 is 0 Å². The van der Waals surface area contributed by atoms with Crippen molar-refractivity contribution in [2.24, 2.45) is 5.73 Å². The van der Waals surface area contributed by atoms with Gasteiger partial charge in [-0.05, 0) is 12.5 Å². The van der Waals surface area contributed by atoms with E-state index in [9.17, 15) is 4.79 Å². The van der Waals surface area contributed by atoms with Crippen LogP contribution in [0.4, 0.5) is 11.4 Å². The Morgan fingerprint density at radius 1 is 1.40 bits per heavy atom. The van der Waals surface area contributed by atoms with E-state index in [1.165, 1.54) is 0 Å². The van der Waals surface area contributed by atoms with Crippen molar-refractivity contribution in [1.82, 2.24) is 4.98 Å². The average molecular weight is 208 g/mol. The fourth-order valence-corrected chi connectivity index (χ4v) is 1.09. The number of nitrogens with two attached hydrogens (primary N) is 1. The summed E-state index contributed by atoms with van der Waals surface area (Å²) in [6, 6.07) is 1.89. The molecule has 1 amide bonds. The minimum absolute atomic E-state index is 0.124. The maximum absolute atomic E-state index is 10.6. The molecule has 0 saturated carbocycles. The number of carbonyl (C=O) groups excluding carboxylic acids is 1. The maximum atomic E-state index is 10.6. The van der Waals surface area contributed by atoms with Crippen LogP contribution < -0.4 is 16.4 Å². The fraction of sp³-hybridized carbons (Fsp3) is 0.400. The zero-order valence-corrected chi connectivity index (χ0v) is 8.79. The van der Waals surface area contributed by atoms with Crippen LogP contribution in [0.15, 0.2) is 18.5 Å². The number of nitrogens with one attached hydrogen (secondary N) is 2. The van der Waals surface area contributed by atoms with Gasteiger partial charge < -0.3 is 16.4 Å².